The first kappa shape index (κ1) is 16.5. The topological polar surface area (TPSA) is 37.3 Å². The Bertz CT molecular complexity index is 671. The summed E-state index contributed by atoms with van der Waals surface area (Å²) in [5, 5.41) is 9.17. The molecule has 0 amide bonds. The molecule has 0 aliphatic heterocycles. The van der Waals surface area contributed by atoms with E-state index in [2.05, 4.69) is 0 Å². The smallest absolute Gasteiger partial charge is 0.388 e. The minimum atomic E-state index is -4.55. The molecule has 0 aliphatic rings. The average molecular weight is 329 g/mol. The lowest BCUT2D eigenvalue weighted by Crippen LogP contribution is -2.34. The van der Waals surface area contributed by atoms with Gasteiger partial charge in [-0.15, -0.1) is 11.6 Å². The molecule has 0 saturated heterocycles. The van der Waals surface area contributed by atoms with Crippen LogP contribution in [-0.4, -0.2) is 17.5 Å². The van der Waals surface area contributed by atoms with Gasteiger partial charge < -0.3 is 5.11 Å². The fourth-order valence-electron chi connectivity index (χ4n) is 2.18. The van der Waals surface area contributed by atoms with Crippen molar-refractivity contribution in [1.82, 2.24) is 0 Å². The lowest BCUT2D eigenvalue weighted by molar-refractivity contribution is -0.137. The van der Waals surface area contributed by atoms with E-state index in [0.29, 0.717) is 5.56 Å². The molecule has 1 N–H and O–H groups in total. The van der Waals surface area contributed by atoms with E-state index in [-0.39, 0.29) is 5.56 Å². The van der Waals surface area contributed by atoms with Crippen molar-refractivity contribution in [1.29, 1.82) is 0 Å². The van der Waals surface area contributed by atoms with Crippen molar-refractivity contribution in [2.24, 2.45) is 0 Å². The summed E-state index contributed by atoms with van der Waals surface area (Å²) in [6.07, 6.45) is -4.55. The quantitative estimate of drug-likeness (QED) is 0.868. The van der Waals surface area contributed by atoms with Gasteiger partial charge in [0, 0.05) is 0 Å². The molecule has 0 radical (unpaired) electrons. The number of Topliss-reactive ketones (excluding diaryl/α,β-unsaturated/α-hetero) is 1. The van der Waals surface area contributed by atoms with E-state index in [0.717, 1.165) is 12.1 Å². The van der Waals surface area contributed by atoms with E-state index in [1.807, 2.05) is 0 Å². The molecule has 0 bridgehead atoms. The van der Waals surface area contributed by atoms with E-state index in [4.69, 9.17) is 16.7 Å². The highest BCUT2D eigenvalue weighted by molar-refractivity contribution is 6.37. The second-order valence-electron chi connectivity index (χ2n) is 4.68. The molecule has 0 aromatic heterocycles. The third-order valence-electron chi connectivity index (χ3n) is 3.29. The summed E-state index contributed by atoms with van der Waals surface area (Å²) in [4.78, 5) is 10.3. The van der Waals surface area contributed by atoms with Gasteiger partial charge in [0.05, 0.1) is 5.56 Å². The van der Waals surface area contributed by atoms with Crippen molar-refractivity contribution in [2.45, 2.75) is 11.1 Å². The first-order valence-electron chi connectivity index (χ1n) is 6.36. The number of aliphatic hydroxyl groups excluding tert-OH is 1. The zero-order valence-electron chi connectivity index (χ0n) is 11.3. The van der Waals surface area contributed by atoms with Crippen LogP contribution in [0.2, 0.25) is 0 Å². The molecule has 0 saturated carbocycles. The Labute approximate surface area is 130 Å². The van der Waals surface area contributed by atoms with Crippen molar-refractivity contribution >= 4 is 17.4 Å². The fourth-order valence-corrected chi connectivity index (χ4v) is 2.48. The predicted molar refractivity (Wildman–Crippen MR) is 76.6 cm³/mol. The zero-order valence-corrected chi connectivity index (χ0v) is 12.0. The molecule has 0 spiro atoms. The average Bonchev–Trinajstić information content (AvgIpc) is 2.53. The van der Waals surface area contributed by atoms with Gasteiger partial charge in [0.1, 0.15) is 6.61 Å². The highest BCUT2D eigenvalue weighted by atomic mass is 35.5. The normalized spacial score (nSPS) is 14.4. The fraction of sp³-hybridized carbons (Fsp3) is 0.188. The van der Waals surface area contributed by atoms with Gasteiger partial charge in [0.15, 0.2) is 10.7 Å². The summed E-state index contributed by atoms with van der Waals surface area (Å²) in [7, 11) is 0. The SMILES string of the molecule is O=C(CO)C(Cl)(c1ccccc1)c1cccc(C(F)(F)F)c1. The number of carbonyl (C=O) groups excluding carboxylic acids is 1. The first-order valence-corrected chi connectivity index (χ1v) is 6.74. The van der Waals surface area contributed by atoms with Crippen LogP contribution in [-0.2, 0) is 15.8 Å². The van der Waals surface area contributed by atoms with E-state index in [1.54, 1.807) is 18.2 Å². The standard InChI is InChI=1S/C16H12ClF3O2/c17-15(14(22)10-21,11-5-2-1-3-6-11)12-7-4-8-13(9-12)16(18,19)20/h1-9,21H,10H2. The molecule has 116 valence electrons. The van der Waals surface area contributed by atoms with E-state index in [1.165, 1.54) is 24.3 Å². The Morgan fingerprint density at radius 1 is 0.955 bits per heavy atom. The zero-order chi connectivity index (χ0) is 16.4. The van der Waals surface area contributed by atoms with Gasteiger partial charge in [-0.2, -0.15) is 13.2 Å². The summed E-state index contributed by atoms with van der Waals surface area (Å²) >= 11 is 6.39. The van der Waals surface area contributed by atoms with Gasteiger partial charge in [0.25, 0.3) is 0 Å². The number of halogens is 4. The van der Waals surface area contributed by atoms with Gasteiger partial charge in [-0.1, -0.05) is 42.5 Å². The third kappa shape index (κ3) is 3.00. The van der Waals surface area contributed by atoms with Crippen LogP contribution in [0.4, 0.5) is 13.2 Å². The molecule has 2 rings (SSSR count). The summed E-state index contributed by atoms with van der Waals surface area (Å²) in [6.45, 7) is -0.880. The van der Waals surface area contributed by atoms with Crippen molar-refractivity contribution in [2.75, 3.05) is 6.61 Å². The number of benzene rings is 2. The number of alkyl halides is 4. The number of aliphatic hydroxyl groups is 1. The van der Waals surface area contributed by atoms with Crippen LogP contribution in [0.15, 0.2) is 54.6 Å². The number of hydrogen-bond donors (Lipinski definition) is 1. The van der Waals surface area contributed by atoms with Crippen LogP contribution in [0.1, 0.15) is 16.7 Å². The van der Waals surface area contributed by atoms with Crippen LogP contribution in [0.25, 0.3) is 0 Å². The lowest BCUT2D eigenvalue weighted by atomic mass is 9.86. The lowest BCUT2D eigenvalue weighted by Gasteiger charge is -2.26. The maximum Gasteiger partial charge on any atom is 0.416 e. The van der Waals surface area contributed by atoms with Crippen LogP contribution in [0, 0.1) is 0 Å². The summed E-state index contributed by atoms with van der Waals surface area (Å²) < 4.78 is 38.6. The minimum absolute atomic E-state index is 0.0331. The predicted octanol–water partition coefficient (Wildman–Crippen LogP) is 3.75. The molecular formula is C16H12ClF3O2. The van der Waals surface area contributed by atoms with E-state index in [9.17, 15) is 18.0 Å². The molecule has 0 fully saturated rings. The Balaban J connectivity index is 2.64. The highest BCUT2D eigenvalue weighted by Gasteiger charge is 2.41. The molecule has 2 aromatic rings. The van der Waals surface area contributed by atoms with Gasteiger partial charge in [-0.25, -0.2) is 0 Å². The first-order chi connectivity index (χ1) is 10.3. The molecule has 1 unspecified atom stereocenters. The third-order valence-corrected chi connectivity index (χ3v) is 3.93. The Morgan fingerprint density at radius 2 is 1.50 bits per heavy atom. The van der Waals surface area contributed by atoms with Gasteiger partial charge in [0.2, 0.25) is 0 Å². The maximum atomic E-state index is 12.9. The number of rotatable bonds is 4. The molecule has 1 atom stereocenters. The van der Waals surface area contributed by atoms with Gasteiger partial charge in [-0.05, 0) is 23.3 Å². The molecule has 2 nitrogen and oxygen atoms in total. The summed E-state index contributed by atoms with van der Waals surface area (Å²) in [5.41, 5.74) is -0.638. The van der Waals surface area contributed by atoms with E-state index >= 15 is 0 Å². The van der Waals surface area contributed by atoms with Crippen LogP contribution < -0.4 is 0 Å². The molecular weight excluding hydrogens is 317 g/mol. The van der Waals surface area contributed by atoms with E-state index < -0.39 is 29.0 Å². The number of carbonyl (C=O) groups is 1. The van der Waals surface area contributed by atoms with Crippen molar-refractivity contribution in [3.63, 3.8) is 0 Å². The second-order valence-corrected chi connectivity index (χ2v) is 5.25. The molecule has 0 aliphatic carbocycles. The Kier molecular flexibility index (Phi) is 4.58. The molecule has 0 heterocycles. The van der Waals surface area contributed by atoms with Crippen LogP contribution in [0.3, 0.4) is 0 Å². The van der Waals surface area contributed by atoms with Gasteiger partial charge in [-0.3, -0.25) is 4.79 Å². The Hall–Kier alpha value is -1.85. The highest BCUT2D eigenvalue weighted by Crippen LogP contribution is 2.40. The number of hydrogen-bond acceptors (Lipinski definition) is 2. The Morgan fingerprint density at radius 3 is 2.05 bits per heavy atom. The van der Waals surface area contributed by atoms with Crippen LogP contribution in [0.5, 0.6) is 0 Å². The molecule has 22 heavy (non-hydrogen) atoms. The summed E-state index contributed by atoms with van der Waals surface area (Å²) in [6, 6.07) is 12.2. The van der Waals surface area contributed by atoms with Crippen LogP contribution >= 0.6 is 11.6 Å². The maximum absolute atomic E-state index is 12.9. The number of ketones is 1. The second kappa shape index (κ2) is 6.10. The van der Waals surface area contributed by atoms with Gasteiger partial charge >= 0.3 is 6.18 Å². The van der Waals surface area contributed by atoms with Crippen molar-refractivity contribution in [3.8, 4) is 0 Å². The monoisotopic (exact) mass is 328 g/mol. The van der Waals surface area contributed by atoms with Crippen molar-refractivity contribution < 1.29 is 23.1 Å². The van der Waals surface area contributed by atoms with Crippen molar-refractivity contribution in [3.05, 3.63) is 71.3 Å². The largest absolute Gasteiger partial charge is 0.416 e. The minimum Gasteiger partial charge on any atom is -0.388 e. The molecule has 2 aromatic carbocycles. The summed E-state index contributed by atoms with van der Waals surface area (Å²) in [5.74, 6) is -0.792. The molecule has 6 heteroatoms.